The molecular formula is C21H36N2. The first kappa shape index (κ1) is 16.9. The molecule has 2 atom stereocenters. The molecule has 2 unspecified atom stereocenters. The predicted molar refractivity (Wildman–Crippen MR) is 99.1 cm³/mol. The third kappa shape index (κ3) is 3.78. The van der Waals surface area contributed by atoms with E-state index in [4.69, 9.17) is 0 Å². The van der Waals surface area contributed by atoms with Gasteiger partial charge in [-0.25, -0.2) is 0 Å². The molecule has 0 amide bonds. The van der Waals surface area contributed by atoms with Gasteiger partial charge < -0.3 is 9.80 Å². The van der Waals surface area contributed by atoms with Crippen molar-refractivity contribution in [2.24, 2.45) is 17.3 Å². The molecule has 3 rings (SSSR count). The molecule has 0 bridgehead atoms. The van der Waals surface area contributed by atoms with Crippen LogP contribution in [-0.4, -0.2) is 36.0 Å². The fraction of sp³-hybridized carbons (Fsp3) is 0.810. The van der Waals surface area contributed by atoms with Gasteiger partial charge in [-0.2, -0.15) is 0 Å². The van der Waals surface area contributed by atoms with E-state index in [9.17, 15) is 0 Å². The van der Waals surface area contributed by atoms with Crippen molar-refractivity contribution < 1.29 is 0 Å². The Morgan fingerprint density at radius 1 is 1.09 bits per heavy atom. The molecular weight excluding hydrogens is 280 g/mol. The van der Waals surface area contributed by atoms with Crippen LogP contribution in [0.4, 0.5) is 0 Å². The Balaban J connectivity index is 1.48. The molecule has 2 heterocycles. The molecule has 1 aliphatic carbocycles. The number of hydrogen-bond acceptors (Lipinski definition) is 2. The Bertz CT molecular complexity index is 412. The van der Waals surface area contributed by atoms with E-state index in [-0.39, 0.29) is 0 Å². The predicted octanol–water partition coefficient (Wildman–Crippen LogP) is 5.04. The van der Waals surface area contributed by atoms with E-state index in [1.807, 2.05) is 0 Å². The molecule has 0 radical (unpaired) electrons. The van der Waals surface area contributed by atoms with Crippen molar-refractivity contribution >= 4 is 0 Å². The Kier molecular flexibility index (Phi) is 5.38. The highest BCUT2D eigenvalue weighted by molar-refractivity contribution is 5.01. The zero-order chi connectivity index (χ0) is 16.3. The zero-order valence-corrected chi connectivity index (χ0v) is 15.2. The number of hydrogen-bond donors (Lipinski definition) is 0. The van der Waals surface area contributed by atoms with Crippen LogP contribution < -0.4 is 0 Å². The molecule has 0 aromatic carbocycles. The average molecular weight is 317 g/mol. The topological polar surface area (TPSA) is 6.48 Å². The van der Waals surface area contributed by atoms with Crippen molar-refractivity contribution in [3.63, 3.8) is 0 Å². The molecule has 2 nitrogen and oxygen atoms in total. The number of likely N-dealkylation sites (tertiary alicyclic amines) is 2. The van der Waals surface area contributed by atoms with Crippen LogP contribution in [0.5, 0.6) is 0 Å². The zero-order valence-electron chi connectivity index (χ0n) is 15.2. The molecule has 3 aliphatic rings. The van der Waals surface area contributed by atoms with Crippen LogP contribution in [0.15, 0.2) is 25.1 Å². The minimum Gasteiger partial charge on any atom is -0.359 e. The number of allylic oxidation sites excluding steroid dienone is 1. The third-order valence-corrected chi connectivity index (χ3v) is 7.04. The fourth-order valence-electron chi connectivity index (χ4n) is 5.25. The SMILES string of the molecule is C=CCCC1CCN(C(=C)N2CCC3(CCCC3)CC2)CC1C. The van der Waals surface area contributed by atoms with E-state index in [1.165, 1.54) is 89.8 Å². The van der Waals surface area contributed by atoms with Gasteiger partial charge in [0.1, 0.15) is 0 Å². The van der Waals surface area contributed by atoms with Gasteiger partial charge in [0.15, 0.2) is 0 Å². The lowest BCUT2D eigenvalue weighted by Gasteiger charge is -2.46. The molecule has 23 heavy (non-hydrogen) atoms. The van der Waals surface area contributed by atoms with Crippen molar-refractivity contribution in [3.8, 4) is 0 Å². The van der Waals surface area contributed by atoms with Gasteiger partial charge in [0, 0.05) is 26.2 Å². The van der Waals surface area contributed by atoms with Gasteiger partial charge in [0.25, 0.3) is 0 Å². The molecule has 0 aromatic heterocycles. The van der Waals surface area contributed by atoms with Crippen molar-refractivity contribution in [1.29, 1.82) is 0 Å². The van der Waals surface area contributed by atoms with E-state index in [0.717, 1.165) is 11.8 Å². The van der Waals surface area contributed by atoms with Crippen LogP contribution in [0.2, 0.25) is 0 Å². The second-order valence-electron chi connectivity index (χ2n) is 8.45. The fourth-order valence-corrected chi connectivity index (χ4v) is 5.25. The Morgan fingerprint density at radius 3 is 2.39 bits per heavy atom. The lowest BCUT2D eigenvalue weighted by atomic mass is 9.77. The van der Waals surface area contributed by atoms with Crippen LogP contribution in [0.25, 0.3) is 0 Å². The summed E-state index contributed by atoms with van der Waals surface area (Å²) >= 11 is 0. The summed E-state index contributed by atoms with van der Waals surface area (Å²) in [4.78, 5) is 5.15. The third-order valence-electron chi connectivity index (χ3n) is 7.04. The monoisotopic (exact) mass is 316 g/mol. The van der Waals surface area contributed by atoms with Crippen molar-refractivity contribution in [2.75, 3.05) is 26.2 Å². The summed E-state index contributed by atoms with van der Waals surface area (Å²) in [5.41, 5.74) is 0.710. The van der Waals surface area contributed by atoms with Crippen molar-refractivity contribution in [2.45, 2.75) is 64.7 Å². The summed E-state index contributed by atoms with van der Waals surface area (Å²) < 4.78 is 0. The Labute approximate surface area is 143 Å². The highest BCUT2D eigenvalue weighted by atomic mass is 15.3. The van der Waals surface area contributed by atoms with Gasteiger partial charge in [-0.3, -0.25) is 0 Å². The first-order valence-corrected chi connectivity index (χ1v) is 9.93. The number of rotatable bonds is 5. The molecule has 2 heteroatoms. The van der Waals surface area contributed by atoms with E-state index in [1.54, 1.807) is 0 Å². The van der Waals surface area contributed by atoms with Gasteiger partial charge in [-0.15, -0.1) is 6.58 Å². The average Bonchev–Trinajstić information content (AvgIpc) is 3.02. The van der Waals surface area contributed by atoms with Crippen LogP contribution in [0.1, 0.15) is 64.7 Å². The number of piperidine rings is 2. The molecule has 2 aliphatic heterocycles. The summed E-state index contributed by atoms with van der Waals surface area (Å²) in [7, 11) is 0. The van der Waals surface area contributed by atoms with E-state index in [0.29, 0.717) is 5.41 Å². The highest BCUT2D eigenvalue weighted by Gasteiger charge is 2.38. The Hall–Kier alpha value is -0.920. The summed E-state index contributed by atoms with van der Waals surface area (Å²) in [6.07, 6.45) is 14.6. The van der Waals surface area contributed by atoms with Crippen LogP contribution in [-0.2, 0) is 0 Å². The summed E-state index contributed by atoms with van der Waals surface area (Å²) in [6, 6.07) is 0. The van der Waals surface area contributed by atoms with E-state index >= 15 is 0 Å². The van der Waals surface area contributed by atoms with Crippen molar-refractivity contribution in [1.82, 2.24) is 9.80 Å². The van der Waals surface area contributed by atoms with Gasteiger partial charge in [-0.05, 0) is 62.2 Å². The van der Waals surface area contributed by atoms with Crippen LogP contribution in [0, 0.1) is 17.3 Å². The largest absolute Gasteiger partial charge is 0.359 e. The van der Waals surface area contributed by atoms with Crippen LogP contribution >= 0.6 is 0 Å². The molecule has 2 saturated heterocycles. The second kappa shape index (κ2) is 7.32. The van der Waals surface area contributed by atoms with Gasteiger partial charge in [-0.1, -0.05) is 32.4 Å². The van der Waals surface area contributed by atoms with E-state index in [2.05, 4.69) is 36.0 Å². The molecule has 3 fully saturated rings. The Morgan fingerprint density at radius 2 is 1.78 bits per heavy atom. The summed E-state index contributed by atoms with van der Waals surface area (Å²) in [5.74, 6) is 2.97. The van der Waals surface area contributed by atoms with Gasteiger partial charge >= 0.3 is 0 Å². The lowest BCUT2D eigenvalue weighted by molar-refractivity contribution is 0.0747. The highest BCUT2D eigenvalue weighted by Crippen LogP contribution is 2.46. The second-order valence-corrected chi connectivity index (χ2v) is 8.45. The maximum Gasteiger partial charge on any atom is 0.0965 e. The molecule has 0 N–H and O–H groups in total. The van der Waals surface area contributed by atoms with Crippen LogP contribution in [0.3, 0.4) is 0 Å². The first-order chi connectivity index (χ1) is 11.1. The maximum absolute atomic E-state index is 4.47. The molecule has 1 saturated carbocycles. The standard InChI is InChI=1S/C21H36N2/c1-4-5-8-20-9-14-23(17-18(20)2)19(3)22-15-12-21(13-16-22)10-6-7-11-21/h4,18,20H,1,3,5-17H2,2H3. The summed E-state index contributed by atoms with van der Waals surface area (Å²) in [5, 5.41) is 0. The first-order valence-electron chi connectivity index (χ1n) is 9.93. The van der Waals surface area contributed by atoms with Gasteiger partial charge in [0.05, 0.1) is 5.82 Å². The number of nitrogens with zero attached hydrogens (tertiary/aromatic N) is 2. The van der Waals surface area contributed by atoms with E-state index < -0.39 is 0 Å². The lowest BCUT2D eigenvalue weighted by Crippen LogP contribution is -2.46. The normalized spacial score (nSPS) is 30.7. The maximum atomic E-state index is 4.47. The minimum atomic E-state index is 0.710. The smallest absolute Gasteiger partial charge is 0.0965 e. The van der Waals surface area contributed by atoms with Crippen molar-refractivity contribution in [3.05, 3.63) is 25.1 Å². The molecule has 130 valence electrons. The molecule has 0 aromatic rings. The molecule has 1 spiro atoms. The summed E-state index contributed by atoms with van der Waals surface area (Å²) in [6.45, 7) is 15.7. The minimum absolute atomic E-state index is 0.710. The quantitative estimate of drug-likeness (QED) is 0.656. The van der Waals surface area contributed by atoms with Gasteiger partial charge in [0.2, 0.25) is 0 Å².